The predicted octanol–water partition coefficient (Wildman–Crippen LogP) is 3.60. The number of urea groups is 1. The molecular weight excluding hydrogens is 394 g/mol. The standard InChI is InChI=1S/C24H23N3O4/c1-2-31-19-14-12-18(13-15-19)27-23(29)26-21-11-7-6-10-20(21)24(27,30)22(28)25-16-17-8-4-3-5-9-17/h3-15,30H,2,16H2,1H3,(H,25,28)(H,26,29)/t24-/m1/s1. The summed E-state index contributed by atoms with van der Waals surface area (Å²) in [6.45, 7) is 2.59. The molecule has 0 saturated carbocycles. The van der Waals surface area contributed by atoms with Gasteiger partial charge in [0.2, 0.25) is 0 Å². The molecule has 0 aliphatic carbocycles. The van der Waals surface area contributed by atoms with Crippen LogP contribution in [0.4, 0.5) is 16.2 Å². The number of carbonyl (C=O) groups excluding carboxylic acids is 2. The van der Waals surface area contributed by atoms with Crippen LogP contribution in [0.15, 0.2) is 78.9 Å². The number of benzene rings is 3. The lowest BCUT2D eigenvalue weighted by Crippen LogP contribution is -2.62. The number of hydrogen-bond acceptors (Lipinski definition) is 4. The van der Waals surface area contributed by atoms with Gasteiger partial charge in [0.15, 0.2) is 0 Å². The number of aliphatic hydroxyl groups is 1. The van der Waals surface area contributed by atoms with E-state index in [0.717, 1.165) is 10.5 Å². The molecule has 1 atom stereocenters. The van der Waals surface area contributed by atoms with Gasteiger partial charge in [0.1, 0.15) is 5.75 Å². The molecule has 0 aromatic heterocycles. The maximum absolute atomic E-state index is 13.3. The minimum atomic E-state index is -2.24. The molecule has 3 amide bonds. The summed E-state index contributed by atoms with van der Waals surface area (Å²) in [5.41, 5.74) is -0.338. The fourth-order valence-electron chi connectivity index (χ4n) is 3.62. The summed E-state index contributed by atoms with van der Waals surface area (Å²) < 4.78 is 5.46. The number of hydrogen-bond donors (Lipinski definition) is 3. The monoisotopic (exact) mass is 417 g/mol. The summed E-state index contributed by atoms with van der Waals surface area (Å²) in [5.74, 6) is -0.0753. The van der Waals surface area contributed by atoms with Crippen molar-refractivity contribution in [3.05, 3.63) is 90.0 Å². The fraction of sp³-hybridized carbons (Fsp3) is 0.167. The number of ether oxygens (including phenoxy) is 1. The summed E-state index contributed by atoms with van der Waals surface area (Å²) in [7, 11) is 0. The minimum absolute atomic E-state index is 0.211. The SMILES string of the molecule is CCOc1ccc(N2C(=O)Nc3ccccc3[C@@]2(O)C(=O)NCc2ccccc2)cc1. The van der Waals surface area contributed by atoms with Crippen molar-refractivity contribution in [2.24, 2.45) is 0 Å². The molecule has 31 heavy (non-hydrogen) atoms. The lowest BCUT2D eigenvalue weighted by Gasteiger charge is -2.42. The molecule has 4 rings (SSSR count). The first-order chi connectivity index (χ1) is 15.0. The Morgan fingerprint density at radius 3 is 2.42 bits per heavy atom. The van der Waals surface area contributed by atoms with Gasteiger partial charge in [0.25, 0.3) is 11.6 Å². The zero-order chi connectivity index (χ0) is 21.8. The first-order valence-corrected chi connectivity index (χ1v) is 10.0. The van der Waals surface area contributed by atoms with Gasteiger partial charge in [0, 0.05) is 17.8 Å². The predicted molar refractivity (Wildman–Crippen MR) is 118 cm³/mol. The molecule has 3 aromatic carbocycles. The Kier molecular flexibility index (Phi) is 5.60. The number of fused-ring (bicyclic) bond motifs is 1. The molecule has 3 N–H and O–H groups in total. The van der Waals surface area contributed by atoms with Crippen molar-refractivity contribution < 1.29 is 19.4 Å². The van der Waals surface area contributed by atoms with Crippen molar-refractivity contribution in [3.63, 3.8) is 0 Å². The Labute approximate surface area is 180 Å². The van der Waals surface area contributed by atoms with Crippen LogP contribution in [-0.2, 0) is 17.1 Å². The number of nitrogens with zero attached hydrogens (tertiary/aromatic N) is 1. The van der Waals surface area contributed by atoms with Gasteiger partial charge >= 0.3 is 6.03 Å². The lowest BCUT2D eigenvalue weighted by atomic mass is 9.94. The molecule has 3 aromatic rings. The summed E-state index contributed by atoms with van der Waals surface area (Å²) in [6, 6.07) is 22.1. The van der Waals surface area contributed by atoms with Crippen LogP contribution in [0.2, 0.25) is 0 Å². The van der Waals surface area contributed by atoms with E-state index in [1.165, 1.54) is 0 Å². The summed E-state index contributed by atoms with van der Waals surface area (Å²) in [4.78, 5) is 27.4. The van der Waals surface area contributed by atoms with E-state index >= 15 is 0 Å². The normalized spacial score (nSPS) is 17.5. The number of rotatable bonds is 6. The van der Waals surface area contributed by atoms with Crippen LogP contribution in [0.3, 0.4) is 0 Å². The maximum atomic E-state index is 13.3. The maximum Gasteiger partial charge on any atom is 0.329 e. The van der Waals surface area contributed by atoms with Crippen molar-refractivity contribution >= 4 is 23.3 Å². The van der Waals surface area contributed by atoms with Crippen LogP contribution in [0.25, 0.3) is 0 Å². The summed E-state index contributed by atoms with van der Waals surface area (Å²) in [6.07, 6.45) is 0. The molecule has 0 saturated heterocycles. The van der Waals surface area contributed by atoms with Crippen LogP contribution in [-0.4, -0.2) is 23.7 Å². The number of amides is 3. The van der Waals surface area contributed by atoms with E-state index in [4.69, 9.17) is 4.74 Å². The Morgan fingerprint density at radius 2 is 1.71 bits per heavy atom. The molecule has 0 unspecified atom stereocenters. The molecule has 0 radical (unpaired) electrons. The van der Waals surface area contributed by atoms with Gasteiger partial charge < -0.3 is 20.5 Å². The fourth-order valence-corrected chi connectivity index (χ4v) is 3.62. The minimum Gasteiger partial charge on any atom is -0.494 e. The Balaban J connectivity index is 1.73. The van der Waals surface area contributed by atoms with Gasteiger partial charge in [-0.3, -0.25) is 9.69 Å². The molecule has 0 bridgehead atoms. The van der Waals surface area contributed by atoms with E-state index < -0.39 is 17.7 Å². The van der Waals surface area contributed by atoms with Crippen LogP contribution in [0.1, 0.15) is 18.1 Å². The van der Waals surface area contributed by atoms with Crippen LogP contribution in [0, 0.1) is 0 Å². The second-order valence-corrected chi connectivity index (χ2v) is 7.08. The van der Waals surface area contributed by atoms with E-state index in [9.17, 15) is 14.7 Å². The molecule has 1 aliphatic rings. The molecule has 0 spiro atoms. The molecular formula is C24H23N3O4. The largest absolute Gasteiger partial charge is 0.494 e. The third-order valence-corrected chi connectivity index (χ3v) is 5.09. The highest BCUT2D eigenvalue weighted by Gasteiger charge is 2.51. The summed E-state index contributed by atoms with van der Waals surface area (Å²) >= 11 is 0. The topological polar surface area (TPSA) is 90.9 Å². The average molecular weight is 417 g/mol. The quantitative estimate of drug-likeness (QED) is 0.572. The molecule has 0 fully saturated rings. The van der Waals surface area contributed by atoms with Crippen molar-refractivity contribution in [2.75, 3.05) is 16.8 Å². The van der Waals surface area contributed by atoms with Crippen molar-refractivity contribution in [1.82, 2.24) is 5.32 Å². The molecule has 158 valence electrons. The van der Waals surface area contributed by atoms with Crippen LogP contribution < -0.4 is 20.3 Å². The highest BCUT2D eigenvalue weighted by Crippen LogP contribution is 2.40. The van der Waals surface area contributed by atoms with Crippen molar-refractivity contribution in [2.45, 2.75) is 19.2 Å². The molecule has 1 heterocycles. The third-order valence-electron chi connectivity index (χ3n) is 5.09. The van der Waals surface area contributed by atoms with Gasteiger partial charge in [-0.05, 0) is 42.8 Å². The highest BCUT2D eigenvalue weighted by molar-refractivity contribution is 6.11. The van der Waals surface area contributed by atoms with E-state index in [0.29, 0.717) is 23.7 Å². The lowest BCUT2D eigenvalue weighted by molar-refractivity contribution is -0.140. The molecule has 1 aliphatic heterocycles. The number of nitrogens with one attached hydrogen (secondary N) is 2. The number of anilines is 2. The number of para-hydroxylation sites is 1. The second-order valence-electron chi connectivity index (χ2n) is 7.08. The van der Waals surface area contributed by atoms with Gasteiger partial charge in [-0.15, -0.1) is 0 Å². The second kappa shape index (κ2) is 8.49. The zero-order valence-corrected chi connectivity index (χ0v) is 17.0. The van der Waals surface area contributed by atoms with Crippen molar-refractivity contribution in [3.8, 4) is 5.75 Å². The van der Waals surface area contributed by atoms with Gasteiger partial charge in [-0.2, -0.15) is 0 Å². The van der Waals surface area contributed by atoms with Crippen molar-refractivity contribution in [1.29, 1.82) is 0 Å². The van der Waals surface area contributed by atoms with Gasteiger partial charge in [-0.1, -0.05) is 48.5 Å². The smallest absolute Gasteiger partial charge is 0.329 e. The highest BCUT2D eigenvalue weighted by atomic mass is 16.5. The third kappa shape index (κ3) is 3.83. The van der Waals surface area contributed by atoms with Crippen LogP contribution in [0.5, 0.6) is 5.75 Å². The zero-order valence-electron chi connectivity index (χ0n) is 17.0. The van der Waals surface area contributed by atoms with E-state index in [1.54, 1.807) is 48.5 Å². The Hall–Kier alpha value is -3.84. The molecule has 7 heteroatoms. The first kappa shape index (κ1) is 20.4. The Bertz CT molecular complexity index is 1090. The van der Waals surface area contributed by atoms with E-state index in [1.807, 2.05) is 37.3 Å². The molecule has 7 nitrogen and oxygen atoms in total. The van der Waals surface area contributed by atoms with E-state index in [2.05, 4.69) is 10.6 Å². The van der Waals surface area contributed by atoms with Crippen LogP contribution >= 0.6 is 0 Å². The van der Waals surface area contributed by atoms with Gasteiger partial charge in [0.05, 0.1) is 12.3 Å². The average Bonchev–Trinajstić information content (AvgIpc) is 2.79. The summed E-state index contributed by atoms with van der Waals surface area (Å²) in [5, 5.41) is 17.3. The number of carbonyl (C=O) groups is 2. The van der Waals surface area contributed by atoms with Gasteiger partial charge in [-0.25, -0.2) is 4.79 Å². The first-order valence-electron chi connectivity index (χ1n) is 10.0. The van der Waals surface area contributed by atoms with E-state index in [-0.39, 0.29) is 12.1 Å². The Morgan fingerprint density at radius 1 is 1.03 bits per heavy atom.